The van der Waals surface area contributed by atoms with Gasteiger partial charge in [-0.1, -0.05) is 27.3 Å². The lowest BCUT2D eigenvalue weighted by molar-refractivity contribution is 0.0988. The molecule has 0 saturated carbocycles. The molecule has 2 aromatic heterocycles. The lowest BCUT2D eigenvalue weighted by atomic mass is 10.3. The van der Waals surface area contributed by atoms with Crippen LogP contribution in [-0.4, -0.2) is 16.8 Å². The highest BCUT2D eigenvalue weighted by molar-refractivity contribution is 9.10. The van der Waals surface area contributed by atoms with Gasteiger partial charge in [0.2, 0.25) is 0 Å². The van der Waals surface area contributed by atoms with Crippen LogP contribution in [0.2, 0.25) is 0 Å². The highest BCUT2D eigenvalue weighted by Crippen LogP contribution is 2.20. The number of hydrogen-bond donors (Lipinski definition) is 2. The summed E-state index contributed by atoms with van der Waals surface area (Å²) in [4.78, 5) is 27.3. The van der Waals surface area contributed by atoms with Crippen molar-refractivity contribution in [2.24, 2.45) is 5.73 Å². The van der Waals surface area contributed by atoms with Gasteiger partial charge in [-0.05, 0) is 36.4 Å². The SMILES string of the molecule is NC(=O)c1cnc(NC(=O)c2ccc(COc3ccc(Br)cc3)o2)s1. The van der Waals surface area contributed by atoms with Crippen molar-refractivity contribution < 1.29 is 18.7 Å². The number of carbonyl (C=O) groups is 2. The molecule has 2 heterocycles. The third-order valence-corrected chi connectivity index (χ3v) is 4.51. The summed E-state index contributed by atoms with van der Waals surface area (Å²) in [6.07, 6.45) is 1.31. The molecule has 0 unspecified atom stereocenters. The fraction of sp³-hybridized carbons (Fsp3) is 0.0625. The van der Waals surface area contributed by atoms with Crippen LogP contribution in [0, 0.1) is 0 Å². The van der Waals surface area contributed by atoms with E-state index in [2.05, 4.69) is 26.2 Å². The Bertz CT molecular complexity index is 904. The zero-order valence-electron chi connectivity index (χ0n) is 12.7. The Hall–Kier alpha value is -2.65. The van der Waals surface area contributed by atoms with E-state index < -0.39 is 11.8 Å². The molecule has 2 amide bonds. The van der Waals surface area contributed by atoms with Gasteiger partial charge in [0.1, 0.15) is 23.0 Å². The van der Waals surface area contributed by atoms with E-state index >= 15 is 0 Å². The molecule has 3 aromatic rings. The minimum atomic E-state index is -0.594. The zero-order valence-corrected chi connectivity index (χ0v) is 15.1. The van der Waals surface area contributed by atoms with E-state index in [0.29, 0.717) is 11.5 Å². The average Bonchev–Trinajstić information content (AvgIpc) is 3.23. The molecule has 25 heavy (non-hydrogen) atoms. The number of hydrogen-bond acceptors (Lipinski definition) is 6. The molecule has 0 aliphatic carbocycles. The maximum Gasteiger partial charge on any atom is 0.293 e. The highest BCUT2D eigenvalue weighted by Gasteiger charge is 2.15. The first kappa shape index (κ1) is 17.2. The summed E-state index contributed by atoms with van der Waals surface area (Å²) in [6.45, 7) is 0.192. The number of ether oxygens (including phenoxy) is 1. The largest absolute Gasteiger partial charge is 0.486 e. The average molecular weight is 422 g/mol. The van der Waals surface area contributed by atoms with Gasteiger partial charge in [-0.3, -0.25) is 14.9 Å². The van der Waals surface area contributed by atoms with Gasteiger partial charge in [-0.15, -0.1) is 0 Å². The molecule has 3 N–H and O–H groups in total. The Morgan fingerprint density at radius 3 is 2.68 bits per heavy atom. The number of anilines is 1. The molecule has 0 fully saturated rings. The van der Waals surface area contributed by atoms with E-state index in [-0.39, 0.29) is 22.4 Å². The van der Waals surface area contributed by atoms with Crippen LogP contribution in [0.15, 0.2) is 51.5 Å². The van der Waals surface area contributed by atoms with Gasteiger partial charge in [0.25, 0.3) is 11.8 Å². The van der Waals surface area contributed by atoms with Gasteiger partial charge in [0, 0.05) is 4.47 Å². The number of furan rings is 1. The Morgan fingerprint density at radius 2 is 2.00 bits per heavy atom. The van der Waals surface area contributed by atoms with Crippen LogP contribution in [0.3, 0.4) is 0 Å². The normalized spacial score (nSPS) is 10.4. The quantitative estimate of drug-likeness (QED) is 0.633. The Balaban J connectivity index is 1.59. The van der Waals surface area contributed by atoms with E-state index in [1.807, 2.05) is 24.3 Å². The second kappa shape index (κ2) is 7.49. The molecule has 128 valence electrons. The molecule has 3 rings (SSSR count). The molecule has 7 nitrogen and oxygen atoms in total. The molecule has 0 saturated heterocycles. The highest BCUT2D eigenvalue weighted by atomic mass is 79.9. The number of carbonyl (C=O) groups excluding carboxylic acids is 2. The number of nitrogens with zero attached hydrogens (tertiary/aromatic N) is 1. The van der Waals surface area contributed by atoms with Crippen LogP contribution in [0.4, 0.5) is 5.13 Å². The number of benzene rings is 1. The second-order valence-electron chi connectivity index (χ2n) is 4.86. The molecule has 0 radical (unpaired) electrons. The van der Waals surface area contributed by atoms with Gasteiger partial charge >= 0.3 is 0 Å². The number of aromatic nitrogens is 1. The fourth-order valence-corrected chi connectivity index (χ4v) is 2.80. The van der Waals surface area contributed by atoms with Crippen LogP contribution >= 0.6 is 27.3 Å². The molecule has 0 bridgehead atoms. The summed E-state index contributed by atoms with van der Waals surface area (Å²) in [5.74, 6) is 0.242. The van der Waals surface area contributed by atoms with Crippen molar-refractivity contribution >= 4 is 44.2 Å². The summed E-state index contributed by atoms with van der Waals surface area (Å²) >= 11 is 4.34. The number of nitrogens with two attached hydrogens (primary N) is 1. The van der Waals surface area contributed by atoms with E-state index in [4.69, 9.17) is 14.9 Å². The third-order valence-electron chi connectivity index (χ3n) is 3.05. The number of amides is 2. The smallest absolute Gasteiger partial charge is 0.293 e. The van der Waals surface area contributed by atoms with Crippen molar-refractivity contribution in [3.8, 4) is 5.75 Å². The number of halogens is 1. The lowest BCUT2D eigenvalue weighted by Crippen LogP contribution is -2.10. The molecule has 9 heteroatoms. The Kier molecular flexibility index (Phi) is 5.15. The molecule has 1 aromatic carbocycles. The second-order valence-corrected chi connectivity index (χ2v) is 6.80. The predicted octanol–water partition coefficient (Wildman–Crippen LogP) is 3.43. The van der Waals surface area contributed by atoms with Crippen LogP contribution in [0.25, 0.3) is 0 Å². The Labute approximate surface area is 154 Å². The third kappa shape index (κ3) is 4.46. The maximum atomic E-state index is 12.1. The first-order chi connectivity index (χ1) is 12.0. The van der Waals surface area contributed by atoms with Crippen molar-refractivity contribution in [2.45, 2.75) is 6.61 Å². The van der Waals surface area contributed by atoms with Crippen molar-refractivity contribution in [1.82, 2.24) is 4.98 Å². The molecule has 0 spiro atoms. The standard InChI is InChI=1S/C16H12BrN3O4S/c17-9-1-3-10(4-2-9)23-8-11-5-6-12(24-11)15(22)20-16-19-7-13(25-16)14(18)21/h1-7H,8H2,(H2,18,21)(H,19,20,22). The number of nitrogens with one attached hydrogen (secondary N) is 1. The zero-order chi connectivity index (χ0) is 17.8. The van der Waals surface area contributed by atoms with Crippen LogP contribution in [-0.2, 0) is 6.61 Å². The van der Waals surface area contributed by atoms with Crippen LogP contribution < -0.4 is 15.8 Å². The monoisotopic (exact) mass is 421 g/mol. The summed E-state index contributed by atoms with van der Waals surface area (Å²) in [5.41, 5.74) is 5.15. The number of rotatable bonds is 6. The van der Waals surface area contributed by atoms with E-state index in [1.54, 1.807) is 6.07 Å². The molecule has 0 atom stereocenters. The van der Waals surface area contributed by atoms with Gasteiger partial charge < -0.3 is 14.9 Å². The first-order valence-electron chi connectivity index (χ1n) is 7.05. The van der Waals surface area contributed by atoms with Crippen LogP contribution in [0.1, 0.15) is 26.0 Å². The van der Waals surface area contributed by atoms with Gasteiger partial charge in [-0.2, -0.15) is 0 Å². The molecule has 0 aliphatic rings. The van der Waals surface area contributed by atoms with Crippen molar-refractivity contribution in [2.75, 3.05) is 5.32 Å². The van der Waals surface area contributed by atoms with E-state index in [0.717, 1.165) is 15.8 Å². The lowest BCUT2D eigenvalue weighted by Gasteiger charge is -2.04. The maximum absolute atomic E-state index is 12.1. The molecule has 0 aliphatic heterocycles. The van der Waals surface area contributed by atoms with Crippen LogP contribution in [0.5, 0.6) is 5.75 Å². The minimum Gasteiger partial charge on any atom is -0.486 e. The summed E-state index contributed by atoms with van der Waals surface area (Å²) < 4.78 is 12.0. The molecular formula is C16H12BrN3O4S. The Morgan fingerprint density at radius 1 is 1.24 bits per heavy atom. The van der Waals surface area contributed by atoms with Crippen molar-refractivity contribution in [3.05, 3.63) is 63.5 Å². The van der Waals surface area contributed by atoms with Crippen molar-refractivity contribution in [3.63, 3.8) is 0 Å². The summed E-state index contributed by atoms with van der Waals surface area (Å²) in [6, 6.07) is 10.6. The van der Waals surface area contributed by atoms with Gasteiger partial charge in [-0.25, -0.2) is 4.98 Å². The fourth-order valence-electron chi connectivity index (χ4n) is 1.87. The van der Waals surface area contributed by atoms with E-state index in [1.165, 1.54) is 12.3 Å². The predicted molar refractivity (Wildman–Crippen MR) is 95.8 cm³/mol. The minimum absolute atomic E-state index is 0.116. The summed E-state index contributed by atoms with van der Waals surface area (Å²) in [7, 11) is 0. The topological polar surface area (TPSA) is 107 Å². The summed E-state index contributed by atoms with van der Waals surface area (Å²) in [5, 5.41) is 2.81. The van der Waals surface area contributed by atoms with Gasteiger partial charge in [0.05, 0.1) is 6.20 Å². The first-order valence-corrected chi connectivity index (χ1v) is 8.66. The van der Waals surface area contributed by atoms with E-state index in [9.17, 15) is 9.59 Å². The molecular weight excluding hydrogens is 410 g/mol. The van der Waals surface area contributed by atoms with Gasteiger partial charge in [0.15, 0.2) is 10.9 Å². The number of thiazole rings is 1. The van der Waals surface area contributed by atoms with Crippen molar-refractivity contribution in [1.29, 1.82) is 0 Å². The number of primary amides is 1.